The van der Waals surface area contributed by atoms with Gasteiger partial charge >= 0.3 is 11.8 Å². The highest BCUT2D eigenvalue weighted by atomic mass is 19.1. The summed E-state index contributed by atoms with van der Waals surface area (Å²) in [5.41, 5.74) is 0.224. The zero-order valence-electron chi connectivity index (χ0n) is 11.9. The van der Waals surface area contributed by atoms with Gasteiger partial charge < -0.3 is 15.2 Å². The molecule has 7 nitrogen and oxygen atoms in total. The van der Waals surface area contributed by atoms with Gasteiger partial charge in [0, 0.05) is 18.7 Å². The third kappa shape index (κ3) is 4.65. The first-order valence-electron chi connectivity index (χ1n) is 6.68. The number of rotatable bonds is 5. The van der Waals surface area contributed by atoms with Crippen molar-refractivity contribution in [1.82, 2.24) is 15.5 Å². The maximum atomic E-state index is 13.0. The van der Waals surface area contributed by atoms with Gasteiger partial charge in [0.25, 0.3) is 0 Å². The molecule has 0 unspecified atom stereocenters. The Morgan fingerprint density at radius 1 is 1.32 bits per heavy atom. The number of benzene rings is 1. The van der Waals surface area contributed by atoms with E-state index in [0.717, 1.165) is 6.07 Å². The van der Waals surface area contributed by atoms with E-state index in [4.69, 9.17) is 4.52 Å². The molecule has 0 spiro atoms. The van der Waals surface area contributed by atoms with E-state index in [9.17, 15) is 14.0 Å². The van der Waals surface area contributed by atoms with Crippen molar-refractivity contribution in [2.75, 3.05) is 11.9 Å². The number of aromatic nitrogens is 2. The molecule has 1 aromatic carbocycles. The summed E-state index contributed by atoms with van der Waals surface area (Å²) < 4.78 is 17.9. The lowest BCUT2D eigenvalue weighted by Crippen LogP contribution is -2.36. The number of aryl methyl sites for hydroxylation is 2. The van der Waals surface area contributed by atoms with E-state index in [1.807, 2.05) is 0 Å². The van der Waals surface area contributed by atoms with Crippen LogP contribution in [-0.2, 0) is 16.0 Å². The molecule has 1 aromatic heterocycles. The summed E-state index contributed by atoms with van der Waals surface area (Å²) in [6.07, 6.45) is 1.06. The van der Waals surface area contributed by atoms with Crippen molar-refractivity contribution in [3.05, 3.63) is 41.8 Å². The Morgan fingerprint density at radius 2 is 2.14 bits per heavy atom. The van der Waals surface area contributed by atoms with Crippen LogP contribution < -0.4 is 10.6 Å². The zero-order chi connectivity index (χ0) is 15.9. The maximum absolute atomic E-state index is 13.0. The molecule has 8 heteroatoms. The van der Waals surface area contributed by atoms with Crippen LogP contribution in [0.1, 0.15) is 18.1 Å². The van der Waals surface area contributed by atoms with Crippen LogP contribution in [-0.4, -0.2) is 28.5 Å². The smallest absolute Gasteiger partial charge is 0.313 e. The molecule has 2 aromatic rings. The van der Waals surface area contributed by atoms with Gasteiger partial charge in [0.1, 0.15) is 5.82 Å². The third-order valence-electron chi connectivity index (χ3n) is 2.71. The van der Waals surface area contributed by atoms with Crippen LogP contribution in [0.2, 0.25) is 0 Å². The first-order valence-corrected chi connectivity index (χ1v) is 6.68. The number of carbonyl (C=O) groups excluding carboxylic acids is 2. The molecule has 0 bridgehead atoms. The number of nitrogens with one attached hydrogen (secondary N) is 2. The van der Waals surface area contributed by atoms with E-state index in [1.54, 1.807) is 6.92 Å². The number of halogens is 1. The van der Waals surface area contributed by atoms with Crippen molar-refractivity contribution in [2.45, 2.75) is 19.8 Å². The van der Waals surface area contributed by atoms with Gasteiger partial charge in [0.2, 0.25) is 5.89 Å². The lowest BCUT2D eigenvalue weighted by molar-refractivity contribution is -0.136. The highest BCUT2D eigenvalue weighted by Gasteiger charge is 2.13. The fraction of sp³-hybridized carbons (Fsp3) is 0.286. The Balaban J connectivity index is 1.71. The second-order valence-electron chi connectivity index (χ2n) is 4.56. The topological polar surface area (TPSA) is 97.1 Å². The number of nitrogens with zero attached hydrogens (tertiary/aromatic N) is 2. The minimum absolute atomic E-state index is 0.224. The molecule has 2 rings (SSSR count). The summed E-state index contributed by atoms with van der Waals surface area (Å²) in [4.78, 5) is 27.2. The molecule has 2 N–H and O–H groups in total. The Bertz CT molecular complexity index is 672. The van der Waals surface area contributed by atoms with Gasteiger partial charge in [-0.3, -0.25) is 9.59 Å². The second kappa shape index (κ2) is 7.30. The summed E-state index contributed by atoms with van der Waals surface area (Å²) in [6.45, 7) is 2.00. The Hall–Kier alpha value is -2.77. The summed E-state index contributed by atoms with van der Waals surface area (Å²) in [7, 11) is 0. The number of carbonyl (C=O) groups is 2. The van der Waals surface area contributed by atoms with Gasteiger partial charge in [-0.05, 0) is 31.5 Å². The Labute approximate surface area is 125 Å². The normalized spacial score (nSPS) is 10.3. The number of hydrogen-bond donors (Lipinski definition) is 2. The minimum Gasteiger partial charge on any atom is -0.348 e. The van der Waals surface area contributed by atoms with Crippen LogP contribution in [0.3, 0.4) is 0 Å². The van der Waals surface area contributed by atoms with Gasteiger partial charge in [-0.15, -0.1) is 0 Å². The van der Waals surface area contributed by atoms with E-state index in [2.05, 4.69) is 20.8 Å². The molecule has 0 aliphatic carbocycles. The summed E-state index contributed by atoms with van der Waals surface area (Å²) in [5, 5.41) is 8.42. The Kier molecular flexibility index (Phi) is 5.18. The van der Waals surface area contributed by atoms with Crippen molar-refractivity contribution >= 4 is 17.5 Å². The highest BCUT2D eigenvalue weighted by Crippen LogP contribution is 2.08. The number of amides is 2. The minimum atomic E-state index is -0.848. The predicted molar refractivity (Wildman–Crippen MR) is 75.4 cm³/mol. The van der Waals surface area contributed by atoms with Crippen molar-refractivity contribution in [3.63, 3.8) is 0 Å². The molecule has 116 valence electrons. The van der Waals surface area contributed by atoms with Crippen LogP contribution in [0.15, 0.2) is 28.8 Å². The molecular formula is C14H15FN4O3. The van der Waals surface area contributed by atoms with Gasteiger partial charge in [0.15, 0.2) is 5.82 Å². The van der Waals surface area contributed by atoms with Gasteiger partial charge in [0.05, 0.1) is 0 Å². The van der Waals surface area contributed by atoms with Gasteiger partial charge in [-0.25, -0.2) is 4.39 Å². The average Bonchev–Trinajstić information content (AvgIpc) is 2.89. The molecule has 0 aliphatic rings. The van der Waals surface area contributed by atoms with Gasteiger partial charge in [-0.1, -0.05) is 11.2 Å². The van der Waals surface area contributed by atoms with Crippen LogP contribution in [0, 0.1) is 12.7 Å². The van der Waals surface area contributed by atoms with E-state index in [1.165, 1.54) is 18.2 Å². The van der Waals surface area contributed by atoms with Crippen molar-refractivity contribution in [2.24, 2.45) is 0 Å². The molecule has 0 saturated heterocycles. The number of anilines is 1. The summed E-state index contributed by atoms with van der Waals surface area (Å²) in [6, 6.07) is 5.31. The zero-order valence-corrected chi connectivity index (χ0v) is 11.9. The Morgan fingerprint density at radius 3 is 2.82 bits per heavy atom. The lowest BCUT2D eigenvalue weighted by Gasteiger charge is -2.06. The van der Waals surface area contributed by atoms with Crippen LogP contribution in [0.5, 0.6) is 0 Å². The SMILES string of the molecule is Cc1noc(CCCNC(=O)C(=O)Nc2cccc(F)c2)n1. The van der Waals surface area contributed by atoms with Crippen LogP contribution in [0.4, 0.5) is 10.1 Å². The molecular weight excluding hydrogens is 291 g/mol. The quantitative estimate of drug-likeness (QED) is 0.639. The first kappa shape index (κ1) is 15.6. The maximum Gasteiger partial charge on any atom is 0.313 e. The van der Waals surface area contributed by atoms with E-state index in [-0.39, 0.29) is 12.2 Å². The first-order chi connectivity index (χ1) is 10.5. The molecule has 0 fully saturated rings. The molecule has 2 amide bonds. The summed E-state index contributed by atoms with van der Waals surface area (Å²) in [5.74, 6) is -1.09. The predicted octanol–water partition coefficient (Wildman–Crippen LogP) is 1.20. The molecule has 0 radical (unpaired) electrons. The molecule has 0 atom stereocenters. The third-order valence-corrected chi connectivity index (χ3v) is 2.71. The second-order valence-corrected chi connectivity index (χ2v) is 4.56. The van der Waals surface area contributed by atoms with Crippen LogP contribution >= 0.6 is 0 Å². The fourth-order valence-electron chi connectivity index (χ4n) is 1.72. The van der Waals surface area contributed by atoms with Gasteiger partial charge in [-0.2, -0.15) is 4.98 Å². The standard InChI is InChI=1S/C14H15FN4O3/c1-9-17-12(22-19-9)6-3-7-16-13(20)14(21)18-11-5-2-4-10(15)8-11/h2,4-5,8H,3,6-7H2,1H3,(H,16,20)(H,18,21). The van der Waals surface area contributed by atoms with Crippen LogP contribution in [0.25, 0.3) is 0 Å². The number of hydrogen-bond acceptors (Lipinski definition) is 5. The molecule has 0 aliphatic heterocycles. The monoisotopic (exact) mass is 306 g/mol. The van der Waals surface area contributed by atoms with Crippen molar-refractivity contribution in [1.29, 1.82) is 0 Å². The van der Waals surface area contributed by atoms with E-state index in [0.29, 0.717) is 24.6 Å². The molecule has 22 heavy (non-hydrogen) atoms. The molecule has 0 saturated carbocycles. The molecule has 1 heterocycles. The lowest BCUT2D eigenvalue weighted by atomic mass is 10.3. The highest BCUT2D eigenvalue weighted by molar-refractivity contribution is 6.39. The van der Waals surface area contributed by atoms with Crippen molar-refractivity contribution < 1.29 is 18.5 Å². The van der Waals surface area contributed by atoms with Crippen molar-refractivity contribution in [3.8, 4) is 0 Å². The summed E-state index contributed by atoms with van der Waals surface area (Å²) >= 11 is 0. The van der Waals surface area contributed by atoms with E-state index >= 15 is 0 Å². The average molecular weight is 306 g/mol. The largest absolute Gasteiger partial charge is 0.348 e. The fourth-order valence-corrected chi connectivity index (χ4v) is 1.72. The van der Waals surface area contributed by atoms with E-state index < -0.39 is 17.6 Å².